The molecule has 1 aromatic rings. The number of ether oxygens (including phenoxy) is 1. The van der Waals surface area contributed by atoms with E-state index in [0.29, 0.717) is 0 Å². The fraction of sp³-hybridized carbons (Fsp3) is 0.625. The second-order valence-corrected chi connectivity index (χ2v) is 4.91. The number of hydrogen-bond donors (Lipinski definition) is 1. The first-order valence-corrected chi connectivity index (χ1v) is 7.13. The molecule has 0 aliphatic rings. The molecule has 0 spiro atoms. The summed E-state index contributed by atoms with van der Waals surface area (Å²) in [6, 6.07) is 8.47. The van der Waals surface area contributed by atoms with Gasteiger partial charge in [0.2, 0.25) is 0 Å². The normalized spacial score (nSPS) is 12.4. The largest absolute Gasteiger partial charge is 0.497 e. The minimum absolute atomic E-state index is 0.745. The molecule has 0 aromatic heterocycles. The van der Waals surface area contributed by atoms with Crippen molar-refractivity contribution in [2.24, 2.45) is 5.92 Å². The van der Waals surface area contributed by atoms with Crippen molar-refractivity contribution < 1.29 is 4.74 Å². The highest BCUT2D eigenvalue weighted by Crippen LogP contribution is 2.17. The lowest BCUT2D eigenvalue weighted by Gasteiger charge is -2.17. The molecule has 18 heavy (non-hydrogen) atoms. The molecule has 1 atom stereocenters. The van der Waals surface area contributed by atoms with Crippen LogP contribution in [0.1, 0.15) is 38.7 Å². The van der Waals surface area contributed by atoms with Crippen molar-refractivity contribution >= 4 is 0 Å². The molecule has 0 aliphatic carbocycles. The third-order valence-electron chi connectivity index (χ3n) is 3.24. The van der Waals surface area contributed by atoms with E-state index in [2.05, 4.69) is 43.4 Å². The van der Waals surface area contributed by atoms with Crippen molar-refractivity contribution in [2.75, 3.05) is 20.2 Å². The SMILES string of the molecule is CCCNCC(CCC)Cc1ccc(OC)cc1. The van der Waals surface area contributed by atoms with E-state index in [0.717, 1.165) is 31.2 Å². The lowest BCUT2D eigenvalue weighted by molar-refractivity contribution is 0.413. The molecule has 0 radical (unpaired) electrons. The minimum atomic E-state index is 0.745. The Bertz CT molecular complexity index is 307. The number of benzene rings is 1. The highest BCUT2D eigenvalue weighted by Gasteiger charge is 2.08. The Hall–Kier alpha value is -1.02. The molecule has 0 amide bonds. The minimum Gasteiger partial charge on any atom is -0.497 e. The van der Waals surface area contributed by atoms with Crippen LogP contribution in [0.15, 0.2) is 24.3 Å². The van der Waals surface area contributed by atoms with E-state index in [1.54, 1.807) is 7.11 Å². The summed E-state index contributed by atoms with van der Waals surface area (Å²) < 4.78 is 5.19. The van der Waals surface area contributed by atoms with Gasteiger partial charge in [-0.1, -0.05) is 32.4 Å². The van der Waals surface area contributed by atoms with Gasteiger partial charge in [-0.25, -0.2) is 0 Å². The summed E-state index contributed by atoms with van der Waals surface area (Å²) in [5, 5.41) is 3.54. The molecular weight excluding hydrogens is 222 g/mol. The molecule has 0 heterocycles. The summed E-state index contributed by atoms with van der Waals surface area (Å²) in [6.45, 7) is 6.74. The van der Waals surface area contributed by atoms with Crippen molar-refractivity contribution in [3.63, 3.8) is 0 Å². The maximum absolute atomic E-state index is 5.19. The van der Waals surface area contributed by atoms with Crippen molar-refractivity contribution in [3.05, 3.63) is 29.8 Å². The molecule has 0 fully saturated rings. The lowest BCUT2D eigenvalue weighted by atomic mass is 9.95. The van der Waals surface area contributed by atoms with Crippen LogP contribution in [-0.4, -0.2) is 20.2 Å². The molecule has 0 aliphatic heterocycles. The fourth-order valence-corrected chi connectivity index (χ4v) is 2.26. The summed E-state index contributed by atoms with van der Waals surface area (Å²) in [5.41, 5.74) is 1.41. The Morgan fingerprint density at radius 3 is 2.39 bits per heavy atom. The summed E-state index contributed by atoms with van der Waals surface area (Å²) >= 11 is 0. The first-order valence-electron chi connectivity index (χ1n) is 7.13. The van der Waals surface area contributed by atoms with Crippen LogP contribution >= 0.6 is 0 Å². The van der Waals surface area contributed by atoms with E-state index in [1.165, 1.54) is 24.8 Å². The number of hydrogen-bond acceptors (Lipinski definition) is 2. The molecule has 0 saturated carbocycles. The van der Waals surface area contributed by atoms with E-state index in [9.17, 15) is 0 Å². The maximum atomic E-state index is 5.19. The van der Waals surface area contributed by atoms with Crippen LogP contribution in [0.3, 0.4) is 0 Å². The first-order chi connectivity index (χ1) is 8.80. The van der Waals surface area contributed by atoms with Crippen LogP contribution in [0.5, 0.6) is 5.75 Å². The van der Waals surface area contributed by atoms with E-state index < -0.39 is 0 Å². The zero-order valence-electron chi connectivity index (χ0n) is 12.0. The number of methoxy groups -OCH3 is 1. The van der Waals surface area contributed by atoms with Gasteiger partial charge in [-0.3, -0.25) is 0 Å². The van der Waals surface area contributed by atoms with Gasteiger partial charge in [-0.05, 0) is 56.0 Å². The predicted octanol–water partition coefficient (Wildman–Crippen LogP) is 3.65. The van der Waals surface area contributed by atoms with E-state index >= 15 is 0 Å². The monoisotopic (exact) mass is 249 g/mol. The van der Waals surface area contributed by atoms with Gasteiger partial charge in [0.05, 0.1) is 7.11 Å². The van der Waals surface area contributed by atoms with Gasteiger partial charge < -0.3 is 10.1 Å². The first kappa shape index (κ1) is 15.0. The molecule has 0 saturated heterocycles. The second kappa shape index (κ2) is 8.98. The third kappa shape index (κ3) is 5.54. The summed E-state index contributed by atoms with van der Waals surface area (Å²) in [7, 11) is 1.71. The molecule has 1 rings (SSSR count). The van der Waals surface area contributed by atoms with Crippen LogP contribution in [0.4, 0.5) is 0 Å². The maximum Gasteiger partial charge on any atom is 0.118 e. The second-order valence-electron chi connectivity index (χ2n) is 4.91. The van der Waals surface area contributed by atoms with Crippen LogP contribution in [-0.2, 0) is 6.42 Å². The van der Waals surface area contributed by atoms with Gasteiger partial charge in [-0.2, -0.15) is 0 Å². The molecule has 102 valence electrons. The number of rotatable bonds is 9. The Morgan fingerprint density at radius 1 is 1.11 bits per heavy atom. The molecule has 1 N–H and O–H groups in total. The van der Waals surface area contributed by atoms with Crippen LogP contribution in [0.25, 0.3) is 0 Å². The topological polar surface area (TPSA) is 21.3 Å². The van der Waals surface area contributed by atoms with Gasteiger partial charge in [0, 0.05) is 0 Å². The third-order valence-corrected chi connectivity index (χ3v) is 3.24. The highest BCUT2D eigenvalue weighted by molar-refractivity contribution is 5.27. The highest BCUT2D eigenvalue weighted by atomic mass is 16.5. The lowest BCUT2D eigenvalue weighted by Crippen LogP contribution is -2.25. The standard InChI is InChI=1S/C16H27NO/c1-4-6-15(13-17-11-5-2)12-14-7-9-16(18-3)10-8-14/h7-10,15,17H,4-6,11-13H2,1-3H3. The summed E-state index contributed by atoms with van der Waals surface area (Å²) in [5.74, 6) is 1.69. The summed E-state index contributed by atoms with van der Waals surface area (Å²) in [6.07, 6.45) is 4.92. The Morgan fingerprint density at radius 2 is 1.83 bits per heavy atom. The van der Waals surface area contributed by atoms with E-state index in [1.807, 2.05) is 0 Å². The average molecular weight is 249 g/mol. The molecule has 2 nitrogen and oxygen atoms in total. The Kier molecular flexibility index (Phi) is 7.51. The van der Waals surface area contributed by atoms with Gasteiger partial charge in [0.1, 0.15) is 5.75 Å². The van der Waals surface area contributed by atoms with Gasteiger partial charge >= 0.3 is 0 Å². The zero-order chi connectivity index (χ0) is 13.2. The molecule has 0 bridgehead atoms. The average Bonchev–Trinajstić information content (AvgIpc) is 2.40. The van der Waals surface area contributed by atoms with Crippen LogP contribution < -0.4 is 10.1 Å². The van der Waals surface area contributed by atoms with E-state index in [4.69, 9.17) is 4.74 Å². The van der Waals surface area contributed by atoms with Crippen LogP contribution in [0, 0.1) is 5.92 Å². The van der Waals surface area contributed by atoms with Crippen molar-refractivity contribution in [1.82, 2.24) is 5.32 Å². The predicted molar refractivity (Wildman–Crippen MR) is 78.3 cm³/mol. The smallest absolute Gasteiger partial charge is 0.118 e. The Labute approximate surface area is 112 Å². The van der Waals surface area contributed by atoms with Crippen molar-refractivity contribution in [1.29, 1.82) is 0 Å². The van der Waals surface area contributed by atoms with Gasteiger partial charge in [0.25, 0.3) is 0 Å². The summed E-state index contributed by atoms with van der Waals surface area (Å²) in [4.78, 5) is 0. The van der Waals surface area contributed by atoms with Crippen molar-refractivity contribution in [3.8, 4) is 5.75 Å². The molecular formula is C16H27NO. The molecule has 1 aromatic carbocycles. The van der Waals surface area contributed by atoms with Crippen molar-refractivity contribution in [2.45, 2.75) is 39.5 Å². The zero-order valence-corrected chi connectivity index (χ0v) is 12.0. The van der Waals surface area contributed by atoms with Gasteiger partial charge in [0.15, 0.2) is 0 Å². The Balaban J connectivity index is 2.47. The molecule has 1 unspecified atom stereocenters. The number of nitrogens with one attached hydrogen (secondary N) is 1. The quantitative estimate of drug-likeness (QED) is 0.674. The van der Waals surface area contributed by atoms with Gasteiger partial charge in [-0.15, -0.1) is 0 Å². The fourth-order valence-electron chi connectivity index (χ4n) is 2.26. The van der Waals surface area contributed by atoms with E-state index in [-0.39, 0.29) is 0 Å². The van der Waals surface area contributed by atoms with Crippen LogP contribution in [0.2, 0.25) is 0 Å². The molecule has 2 heteroatoms.